The molecule has 4 nitrogen and oxygen atoms in total. The van der Waals surface area contributed by atoms with Crippen molar-refractivity contribution in [2.75, 3.05) is 5.32 Å². The molecule has 30 heavy (non-hydrogen) atoms. The van der Waals surface area contributed by atoms with Gasteiger partial charge in [-0.15, -0.1) is 0 Å². The summed E-state index contributed by atoms with van der Waals surface area (Å²) in [7, 11) is 0. The first-order valence-electron chi connectivity index (χ1n) is 9.83. The van der Waals surface area contributed by atoms with Gasteiger partial charge in [0.25, 0.3) is 5.91 Å². The highest BCUT2D eigenvalue weighted by atomic mass is 16.1. The zero-order valence-corrected chi connectivity index (χ0v) is 17.2. The van der Waals surface area contributed by atoms with E-state index in [9.17, 15) is 9.59 Å². The van der Waals surface area contributed by atoms with Crippen LogP contribution in [0.3, 0.4) is 0 Å². The molecule has 1 amide bonds. The monoisotopic (exact) mass is 394 g/mol. The Morgan fingerprint density at radius 3 is 2.33 bits per heavy atom. The number of hydrogen-bond acceptors (Lipinski definition) is 3. The van der Waals surface area contributed by atoms with Crippen LogP contribution in [-0.2, 0) is 0 Å². The van der Waals surface area contributed by atoms with E-state index in [0.29, 0.717) is 16.8 Å². The van der Waals surface area contributed by atoms with Gasteiger partial charge in [-0.2, -0.15) is 0 Å². The van der Waals surface area contributed by atoms with E-state index in [2.05, 4.69) is 5.32 Å². The number of para-hydroxylation sites is 1. The molecule has 0 aliphatic heterocycles. The van der Waals surface area contributed by atoms with Crippen LogP contribution >= 0.6 is 0 Å². The van der Waals surface area contributed by atoms with Crippen molar-refractivity contribution in [3.05, 3.63) is 95.1 Å². The number of hydrogen-bond donors (Lipinski definition) is 1. The van der Waals surface area contributed by atoms with Crippen LogP contribution in [-0.4, -0.2) is 16.7 Å². The average molecular weight is 394 g/mol. The zero-order chi connectivity index (χ0) is 21.3. The van der Waals surface area contributed by atoms with Gasteiger partial charge < -0.3 is 5.32 Å². The standard InChI is InChI=1S/C26H22N2O2/c1-16-11-13-19(14-12-16)25-17(2)24(22-9-4-5-10-23(22)28-25)26(30)27-21-8-6-7-20(15-21)18(3)29/h4-15H,1-3H3,(H,27,30). The van der Waals surface area contributed by atoms with E-state index >= 15 is 0 Å². The molecule has 0 unspecified atom stereocenters. The molecule has 0 bridgehead atoms. The molecule has 3 aromatic carbocycles. The maximum absolute atomic E-state index is 13.3. The summed E-state index contributed by atoms with van der Waals surface area (Å²) in [5.74, 6) is -0.265. The molecule has 0 saturated heterocycles. The summed E-state index contributed by atoms with van der Waals surface area (Å²) in [6.45, 7) is 5.48. The number of nitrogens with zero attached hydrogens (tertiary/aromatic N) is 1. The minimum absolute atomic E-state index is 0.0432. The lowest BCUT2D eigenvalue weighted by atomic mass is 9.96. The van der Waals surface area contributed by atoms with Crippen molar-refractivity contribution in [1.82, 2.24) is 4.98 Å². The first kappa shape index (κ1) is 19.5. The first-order chi connectivity index (χ1) is 14.4. The normalized spacial score (nSPS) is 10.8. The Morgan fingerprint density at radius 1 is 0.867 bits per heavy atom. The second-order valence-electron chi connectivity index (χ2n) is 7.43. The van der Waals surface area contributed by atoms with Crippen LogP contribution < -0.4 is 5.32 Å². The van der Waals surface area contributed by atoms with Crippen molar-refractivity contribution < 1.29 is 9.59 Å². The molecule has 0 aliphatic carbocycles. The minimum atomic E-state index is -0.222. The highest BCUT2D eigenvalue weighted by molar-refractivity contribution is 6.14. The molecule has 0 spiro atoms. The third-order valence-electron chi connectivity index (χ3n) is 5.21. The van der Waals surface area contributed by atoms with Gasteiger partial charge in [-0.3, -0.25) is 9.59 Å². The Balaban J connectivity index is 1.84. The fourth-order valence-electron chi connectivity index (χ4n) is 3.60. The van der Waals surface area contributed by atoms with Crippen LogP contribution in [0, 0.1) is 13.8 Å². The lowest BCUT2D eigenvalue weighted by molar-refractivity contribution is 0.101. The molecule has 4 aromatic rings. The van der Waals surface area contributed by atoms with Gasteiger partial charge in [0.05, 0.1) is 16.8 Å². The van der Waals surface area contributed by atoms with Crippen molar-refractivity contribution in [2.24, 2.45) is 0 Å². The molecule has 0 aliphatic rings. The Bertz CT molecular complexity index is 1270. The largest absolute Gasteiger partial charge is 0.322 e. The number of pyridine rings is 1. The summed E-state index contributed by atoms with van der Waals surface area (Å²) in [4.78, 5) is 29.9. The van der Waals surface area contributed by atoms with E-state index in [0.717, 1.165) is 27.7 Å². The highest BCUT2D eigenvalue weighted by Gasteiger charge is 2.19. The molecule has 148 valence electrons. The molecular weight excluding hydrogens is 372 g/mol. The summed E-state index contributed by atoms with van der Waals surface area (Å²) in [6.07, 6.45) is 0. The van der Waals surface area contributed by atoms with Crippen LogP contribution in [0.4, 0.5) is 5.69 Å². The van der Waals surface area contributed by atoms with Crippen molar-refractivity contribution in [1.29, 1.82) is 0 Å². The maximum Gasteiger partial charge on any atom is 0.256 e. The van der Waals surface area contributed by atoms with Crippen molar-refractivity contribution in [3.63, 3.8) is 0 Å². The van der Waals surface area contributed by atoms with Crippen molar-refractivity contribution >= 4 is 28.3 Å². The quantitative estimate of drug-likeness (QED) is 0.434. The van der Waals surface area contributed by atoms with Crippen LogP contribution in [0.1, 0.15) is 38.8 Å². The lowest BCUT2D eigenvalue weighted by Crippen LogP contribution is -2.15. The third-order valence-corrected chi connectivity index (χ3v) is 5.21. The SMILES string of the molecule is CC(=O)c1cccc(NC(=O)c2c(C)c(-c3ccc(C)cc3)nc3ccccc23)c1. The predicted octanol–water partition coefficient (Wildman–Crippen LogP) is 5.97. The van der Waals surface area contributed by atoms with Gasteiger partial charge in [-0.25, -0.2) is 4.98 Å². The van der Waals surface area contributed by atoms with Gasteiger partial charge in [0.15, 0.2) is 5.78 Å². The molecule has 0 atom stereocenters. The number of aromatic nitrogens is 1. The maximum atomic E-state index is 13.3. The van der Waals surface area contributed by atoms with Crippen LogP contribution in [0.15, 0.2) is 72.8 Å². The van der Waals surface area contributed by atoms with Gasteiger partial charge in [0, 0.05) is 22.2 Å². The fourth-order valence-corrected chi connectivity index (χ4v) is 3.60. The fraction of sp³-hybridized carbons (Fsp3) is 0.115. The van der Waals surface area contributed by atoms with E-state index in [1.807, 2.05) is 62.4 Å². The van der Waals surface area contributed by atoms with Gasteiger partial charge >= 0.3 is 0 Å². The Hall–Kier alpha value is -3.79. The Kier molecular flexibility index (Phi) is 5.15. The molecule has 0 fully saturated rings. The van der Waals surface area contributed by atoms with Crippen molar-refractivity contribution in [2.45, 2.75) is 20.8 Å². The number of fused-ring (bicyclic) bond motifs is 1. The molecule has 1 aromatic heterocycles. The minimum Gasteiger partial charge on any atom is -0.322 e. The highest BCUT2D eigenvalue weighted by Crippen LogP contribution is 2.30. The van der Waals surface area contributed by atoms with Gasteiger partial charge in [0.1, 0.15) is 0 Å². The number of benzene rings is 3. The Morgan fingerprint density at radius 2 is 1.60 bits per heavy atom. The molecule has 0 saturated carbocycles. The molecule has 0 radical (unpaired) electrons. The number of ketones is 1. The summed E-state index contributed by atoms with van der Waals surface area (Å²) < 4.78 is 0. The second kappa shape index (κ2) is 7.91. The van der Waals surface area contributed by atoms with Gasteiger partial charge in [0.2, 0.25) is 0 Å². The topological polar surface area (TPSA) is 59.1 Å². The predicted molar refractivity (Wildman–Crippen MR) is 121 cm³/mol. The van der Waals surface area contributed by atoms with E-state index < -0.39 is 0 Å². The third kappa shape index (κ3) is 3.72. The summed E-state index contributed by atoms with van der Waals surface area (Å²) in [5.41, 5.74) is 6.24. The number of carbonyl (C=O) groups excluding carboxylic acids is 2. The van der Waals surface area contributed by atoms with Crippen LogP contribution in [0.25, 0.3) is 22.2 Å². The van der Waals surface area contributed by atoms with E-state index in [-0.39, 0.29) is 11.7 Å². The van der Waals surface area contributed by atoms with E-state index in [4.69, 9.17) is 4.98 Å². The molecule has 4 rings (SSSR count). The number of anilines is 1. The second-order valence-corrected chi connectivity index (χ2v) is 7.43. The van der Waals surface area contributed by atoms with Crippen LogP contribution in [0.2, 0.25) is 0 Å². The summed E-state index contributed by atoms with van der Waals surface area (Å²) in [6, 6.07) is 22.8. The van der Waals surface area contributed by atoms with Crippen LogP contribution in [0.5, 0.6) is 0 Å². The summed E-state index contributed by atoms with van der Waals surface area (Å²) >= 11 is 0. The molecule has 1 heterocycles. The van der Waals surface area contributed by atoms with Crippen molar-refractivity contribution in [3.8, 4) is 11.3 Å². The number of aryl methyl sites for hydroxylation is 1. The van der Waals surface area contributed by atoms with Gasteiger partial charge in [-0.05, 0) is 44.5 Å². The first-order valence-corrected chi connectivity index (χ1v) is 9.83. The number of nitrogens with one attached hydrogen (secondary N) is 1. The lowest BCUT2D eigenvalue weighted by Gasteiger charge is -2.15. The number of rotatable bonds is 4. The summed E-state index contributed by atoms with van der Waals surface area (Å²) in [5, 5.41) is 3.75. The molecule has 4 heteroatoms. The average Bonchev–Trinajstić information content (AvgIpc) is 2.74. The number of Topliss-reactive ketones (excluding diaryl/α,β-unsaturated/α-hetero) is 1. The van der Waals surface area contributed by atoms with E-state index in [1.165, 1.54) is 12.5 Å². The molecular formula is C26H22N2O2. The zero-order valence-electron chi connectivity index (χ0n) is 17.2. The number of amides is 1. The number of carbonyl (C=O) groups is 2. The van der Waals surface area contributed by atoms with E-state index in [1.54, 1.807) is 24.3 Å². The smallest absolute Gasteiger partial charge is 0.256 e. The van der Waals surface area contributed by atoms with Gasteiger partial charge in [-0.1, -0.05) is 60.2 Å². The molecule has 1 N–H and O–H groups in total. The Labute approximate surface area is 175 Å².